The summed E-state index contributed by atoms with van der Waals surface area (Å²) in [5, 5.41) is 9.46. The summed E-state index contributed by atoms with van der Waals surface area (Å²) < 4.78 is 16.7. The second kappa shape index (κ2) is 5.30. The van der Waals surface area contributed by atoms with Gasteiger partial charge in [0.2, 0.25) is 0 Å². The van der Waals surface area contributed by atoms with Crippen molar-refractivity contribution in [1.82, 2.24) is 0 Å². The molecule has 1 N–H and O–H groups in total. The molecule has 1 spiro atoms. The molecule has 0 bridgehead atoms. The Bertz CT molecular complexity index is 429. The summed E-state index contributed by atoms with van der Waals surface area (Å²) in [4.78, 5) is 11.7. The number of ether oxygens (including phenoxy) is 3. The number of alkyl halides is 1. The summed E-state index contributed by atoms with van der Waals surface area (Å²) >= 11 is 6.15. The highest BCUT2D eigenvalue weighted by atomic mass is 35.5. The number of aliphatic hydroxyl groups excluding tert-OH is 1. The number of rotatable bonds is 1. The topological polar surface area (TPSA) is 65.0 Å². The number of halogens is 1. The summed E-state index contributed by atoms with van der Waals surface area (Å²) in [6.45, 7) is 0. The summed E-state index contributed by atoms with van der Waals surface area (Å²) in [5.74, 6) is -1.15. The van der Waals surface area contributed by atoms with Crippen LogP contribution in [0.2, 0.25) is 0 Å². The number of carbonyl (C=O) groups excluding carboxylic acids is 1. The maximum atomic E-state index is 11.7. The van der Waals surface area contributed by atoms with Gasteiger partial charge >= 0.3 is 5.97 Å². The third-order valence-electron chi connectivity index (χ3n) is 4.34. The molecule has 5 nitrogen and oxygen atoms in total. The molecule has 0 aromatic rings. The second-order valence-electron chi connectivity index (χ2n) is 5.64. The van der Waals surface area contributed by atoms with E-state index >= 15 is 0 Å². The fourth-order valence-corrected chi connectivity index (χ4v) is 3.60. The molecule has 4 atom stereocenters. The van der Waals surface area contributed by atoms with Crippen molar-refractivity contribution in [2.24, 2.45) is 0 Å². The number of hydrogen-bond donors (Lipinski definition) is 1. The highest BCUT2D eigenvalue weighted by Crippen LogP contribution is 2.44. The van der Waals surface area contributed by atoms with Crippen molar-refractivity contribution in [2.75, 3.05) is 7.11 Å². The van der Waals surface area contributed by atoms with Crippen LogP contribution in [0.5, 0.6) is 0 Å². The van der Waals surface area contributed by atoms with Crippen molar-refractivity contribution in [1.29, 1.82) is 0 Å². The Kier molecular flexibility index (Phi) is 3.79. The van der Waals surface area contributed by atoms with E-state index in [0.29, 0.717) is 0 Å². The van der Waals surface area contributed by atoms with E-state index in [1.807, 2.05) is 0 Å². The predicted molar refractivity (Wildman–Crippen MR) is 71.3 cm³/mol. The number of carbonyl (C=O) groups is 1. The van der Waals surface area contributed by atoms with E-state index in [1.165, 1.54) is 13.5 Å². The Balaban J connectivity index is 1.85. The lowest BCUT2D eigenvalue weighted by Gasteiger charge is -2.32. The van der Waals surface area contributed by atoms with E-state index in [9.17, 15) is 9.90 Å². The van der Waals surface area contributed by atoms with Crippen LogP contribution in [0.15, 0.2) is 11.6 Å². The van der Waals surface area contributed by atoms with E-state index < -0.39 is 35.4 Å². The first-order chi connectivity index (χ1) is 9.56. The van der Waals surface area contributed by atoms with E-state index in [1.54, 1.807) is 6.08 Å². The van der Waals surface area contributed by atoms with Crippen LogP contribution in [0.3, 0.4) is 0 Å². The molecule has 0 amide bonds. The molecule has 6 heteroatoms. The van der Waals surface area contributed by atoms with Crippen molar-refractivity contribution in [3.8, 4) is 0 Å². The predicted octanol–water partition coefficient (Wildman–Crippen LogP) is 1.51. The van der Waals surface area contributed by atoms with E-state index in [0.717, 1.165) is 25.7 Å². The normalized spacial score (nSPS) is 39.2. The Morgan fingerprint density at radius 3 is 2.75 bits per heavy atom. The standard InChI is InChI=1S/C14H19ClO5/c1-18-13(17)8-7-9-12(11(16)10(8)15)20-14(19-9)5-3-2-4-6-14/h7,9-12,16H,2-6H2,1H3/t9-,10+,11-,12-/m1/s1. The molecule has 0 radical (unpaired) electrons. The highest BCUT2D eigenvalue weighted by Gasteiger charge is 2.54. The fourth-order valence-electron chi connectivity index (χ4n) is 3.29. The lowest BCUT2D eigenvalue weighted by Crippen LogP contribution is -2.46. The number of fused-ring (bicyclic) bond motifs is 1. The van der Waals surface area contributed by atoms with Crippen LogP contribution in [0.1, 0.15) is 32.1 Å². The SMILES string of the molecule is COC(=O)C1=C[C@H]2OC3(CCCCC3)O[C@H]2[C@H](O)[C@H]1Cl. The van der Waals surface area contributed by atoms with Crippen LogP contribution >= 0.6 is 11.6 Å². The van der Waals surface area contributed by atoms with Crippen LogP contribution in [-0.4, -0.2) is 47.7 Å². The zero-order chi connectivity index (χ0) is 14.3. The minimum Gasteiger partial charge on any atom is -0.466 e. The van der Waals surface area contributed by atoms with Crippen molar-refractivity contribution >= 4 is 17.6 Å². The smallest absolute Gasteiger partial charge is 0.335 e. The van der Waals surface area contributed by atoms with Gasteiger partial charge in [-0.15, -0.1) is 11.6 Å². The Hall–Kier alpha value is -0.620. The summed E-state index contributed by atoms with van der Waals surface area (Å²) in [5.41, 5.74) is 0.249. The van der Waals surface area contributed by atoms with Crippen LogP contribution < -0.4 is 0 Å². The Morgan fingerprint density at radius 1 is 1.40 bits per heavy atom. The quantitative estimate of drug-likeness (QED) is 0.587. The third kappa shape index (κ3) is 2.26. The van der Waals surface area contributed by atoms with Gasteiger partial charge in [0, 0.05) is 12.8 Å². The minimum atomic E-state index is -0.970. The van der Waals surface area contributed by atoms with Crippen molar-refractivity contribution in [2.45, 2.75) is 61.6 Å². The molecule has 2 fully saturated rings. The van der Waals surface area contributed by atoms with Gasteiger partial charge in [-0.05, 0) is 18.9 Å². The molecular weight excluding hydrogens is 284 g/mol. The van der Waals surface area contributed by atoms with Crippen molar-refractivity contribution in [3.05, 3.63) is 11.6 Å². The molecule has 3 rings (SSSR count). The lowest BCUT2D eigenvalue weighted by molar-refractivity contribution is -0.197. The highest BCUT2D eigenvalue weighted by molar-refractivity contribution is 6.25. The molecular formula is C14H19ClO5. The van der Waals surface area contributed by atoms with Gasteiger partial charge in [0.05, 0.1) is 18.1 Å². The first kappa shape index (κ1) is 14.3. The van der Waals surface area contributed by atoms with Gasteiger partial charge in [-0.2, -0.15) is 0 Å². The molecule has 112 valence electrons. The van der Waals surface area contributed by atoms with Gasteiger partial charge in [0.1, 0.15) is 18.3 Å². The zero-order valence-electron chi connectivity index (χ0n) is 11.4. The second-order valence-corrected chi connectivity index (χ2v) is 6.11. The summed E-state index contributed by atoms with van der Waals surface area (Å²) in [6.07, 6.45) is 4.64. The third-order valence-corrected chi connectivity index (χ3v) is 4.83. The molecule has 1 saturated carbocycles. The van der Waals surface area contributed by atoms with Crippen LogP contribution in [0.4, 0.5) is 0 Å². The summed E-state index contributed by atoms with van der Waals surface area (Å²) in [6, 6.07) is 0. The van der Waals surface area contributed by atoms with Crippen LogP contribution in [0.25, 0.3) is 0 Å². The first-order valence-corrected chi connectivity index (χ1v) is 7.48. The Morgan fingerprint density at radius 2 is 2.10 bits per heavy atom. The number of hydrogen-bond acceptors (Lipinski definition) is 5. The van der Waals surface area contributed by atoms with E-state index in [-0.39, 0.29) is 5.57 Å². The molecule has 0 unspecified atom stereocenters. The average molecular weight is 303 g/mol. The maximum Gasteiger partial charge on any atom is 0.335 e. The van der Waals surface area contributed by atoms with E-state index in [2.05, 4.69) is 0 Å². The van der Waals surface area contributed by atoms with Gasteiger partial charge in [0.15, 0.2) is 5.79 Å². The van der Waals surface area contributed by atoms with Gasteiger partial charge in [-0.3, -0.25) is 0 Å². The molecule has 1 aliphatic heterocycles. The molecule has 20 heavy (non-hydrogen) atoms. The lowest BCUT2D eigenvalue weighted by atomic mass is 9.92. The molecule has 0 aromatic carbocycles. The Labute approximate surface area is 122 Å². The molecule has 2 aliphatic carbocycles. The van der Waals surface area contributed by atoms with E-state index in [4.69, 9.17) is 25.8 Å². The van der Waals surface area contributed by atoms with Crippen LogP contribution in [0, 0.1) is 0 Å². The minimum absolute atomic E-state index is 0.249. The van der Waals surface area contributed by atoms with Gasteiger partial charge < -0.3 is 19.3 Å². The first-order valence-electron chi connectivity index (χ1n) is 7.04. The molecule has 1 saturated heterocycles. The largest absolute Gasteiger partial charge is 0.466 e. The average Bonchev–Trinajstić information content (AvgIpc) is 2.81. The van der Waals surface area contributed by atoms with Gasteiger partial charge in [0.25, 0.3) is 0 Å². The monoisotopic (exact) mass is 302 g/mol. The maximum absolute atomic E-state index is 11.7. The fraction of sp³-hybridized carbons (Fsp3) is 0.786. The van der Waals surface area contributed by atoms with Crippen molar-refractivity contribution < 1.29 is 24.1 Å². The number of esters is 1. The molecule has 0 aromatic heterocycles. The molecule has 3 aliphatic rings. The zero-order valence-corrected chi connectivity index (χ0v) is 12.1. The van der Waals surface area contributed by atoms with Gasteiger partial charge in [-0.1, -0.05) is 6.42 Å². The van der Waals surface area contributed by atoms with Gasteiger partial charge in [-0.25, -0.2) is 4.79 Å². The number of aliphatic hydroxyl groups is 1. The number of methoxy groups -OCH3 is 1. The van der Waals surface area contributed by atoms with Crippen LogP contribution in [-0.2, 0) is 19.0 Å². The summed E-state index contributed by atoms with van der Waals surface area (Å²) in [7, 11) is 1.29. The molecule has 1 heterocycles. The van der Waals surface area contributed by atoms with Crippen molar-refractivity contribution in [3.63, 3.8) is 0 Å².